The number of amides is 2. The van der Waals surface area contributed by atoms with Crippen molar-refractivity contribution in [2.45, 2.75) is 39.0 Å². The second-order valence-electron chi connectivity index (χ2n) is 7.76. The molecule has 3 rings (SSSR count). The van der Waals surface area contributed by atoms with Crippen LogP contribution in [0.3, 0.4) is 0 Å². The van der Waals surface area contributed by atoms with Gasteiger partial charge < -0.3 is 19.7 Å². The van der Waals surface area contributed by atoms with Gasteiger partial charge in [0.25, 0.3) is 0 Å². The van der Waals surface area contributed by atoms with E-state index in [0.717, 1.165) is 36.4 Å². The predicted molar refractivity (Wildman–Crippen MR) is 98.4 cm³/mol. The number of rotatable bonds is 4. The summed E-state index contributed by atoms with van der Waals surface area (Å²) >= 11 is 0. The molecule has 0 spiro atoms. The van der Waals surface area contributed by atoms with E-state index in [1.165, 1.54) is 0 Å². The minimum Gasteiger partial charge on any atom is -0.486 e. The third-order valence-electron chi connectivity index (χ3n) is 5.27. The first-order chi connectivity index (χ1) is 12.4. The first-order valence-corrected chi connectivity index (χ1v) is 9.30. The van der Waals surface area contributed by atoms with E-state index in [1.807, 2.05) is 18.2 Å². The van der Waals surface area contributed by atoms with Gasteiger partial charge in [0.2, 0.25) is 11.8 Å². The maximum atomic E-state index is 12.6. The van der Waals surface area contributed by atoms with Gasteiger partial charge in [0, 0.05) is 32.0 Å². The average molecular weight is 360 g/mol. The van der Waals surface area contributed by atoms with Crippen molar-refractivity contribution >= 4 is 11.8 Å². The molecule has 0 aliphatic carbocycles. The molecule has 0 saturated carbocycles. The summed E-state index contributed by atoms with van der Waals surface area (Å²) in [5.74, 6) is 1.48. The van der Waals surface area contributed by atoms with E-state index in [2.05, 4.69) is 19.2 Å². The summed E-state index contributed by atoms with van der Waals surface area (Å²) in [6, 6.07) is 5.95. The van der Waals surface area contributed by atoms with Gasteiger partial charge in [-0.05, 0) is 30.5 Å². The van der Waals surface area contributed by atoms with Crippen LogP contribution in [0.1, 0.15) is 39.2 Å². The lowest BCUT2D eigenvalue weighted by atomic mass is 9.84. The van der Waals surface area contributed by atoms with E-state index < -0.39 is 0 Å². The Bertz CT molecular complexity index is 686. The van der Waals surface area contributed by atoms with E-state index in [-0.39, 0.29) is 23.1 Å². The van der Waals surface area contributed by atoms with Crippen molar-refractivity contribution in [2.24, 2.45) is 5.92 Å². The van der Waals surface area contributed by atoms with E-state index in [1.54, 1.807) is 11.8 Å². The van der Waals surface area contributed by atoms with E-state index in [0.29, 0.717) is 26.3 Å². The fraction of sp³-hybridized carbons (Fsp3) is 0.600. The topological polar surface area (TPSA) is 67.9 Å². The zero-order valence-corrected chi connectivity index (χ0v) is 15.8. The summed E-state index contributed by atoms with van der Waals surface area (Å²) in [7, 11) is 0. The Labute approximate surface area is 154 Å². The van der Waals surface area contributed by atoms with Crippen molar-refractivity contribution in [3.05, 3.63) is 23.8 Å². The number of fused-ring (bicyclic) bond motifs is 1. The average Bonchev–Trinajstić information content (AvgIpc) is 2.65. The van der Waals surface area contributed by atoms with Gasteiger partial charge in [-0.2, -0.15) is 0 Å². The van der Waals surface area contributed by atoms with Crippen molar-refractivity contribution in [1.29, 1.82) is 0 Å². The first-order valence-electron chi connectivity index (χ1n) is 9.30. The molecule has 1 aromatic rings. The normalized spacial score (nSPS) is 19.8. The second-order valence-corrected chi connectivity index (χ2v) is 7.76. The zero-order valence-electron chi connectivity index (χ0n) is 15.8. The number of benzene rings is 1. The SMILES string of the molecule is CC(=O)N1CCC[C@H](C(=O)NCC(C)(C)c2ccc3c(c2)OCCO3)C1. The Hall–Kier alpha value is -2.24. The largest absolute Gasteiger partial charge is 0.486 e. The van der Waals surface area contributed by atoms with Gasteiger partial charge in [-0.25, -0.2) is 0 Å². The summed E-state index contributed by atoms with van der Waals surface area (Å²) in [6.45, 7) is 8.69. The van der Waals surface area contributed by atoms with Crippen LogP contribution in [0.4, 0.5) is 0 Å². The molecule has 1 N–H and O–H groups in total. The number of nitrogens with zero attached hydrogens (tertiary/aromatic N) is 1. The second kappa shape index (κ2) is 7.56. The Morgan fingerprint density at radius 1 is 1.23 bits per heavy atom. The molecule has 2 amide bonds. The summed E-state index contributed by atoms with van der Waals surface area (Å²) in [4.78, 5) is 25.9. The van der Waals surface area contributed by atoms with Crippen LogP contribution in [0.15, 0.2) is 18.2 Å². The molecule has 6 heteroatoms. The third kappa shape index (κ3) is 4.11. The highest BCUT2D eigenvalue weighted by Crippen LogP contribution is 2.35. The molecule has 0 aromatic heterocycles. The molecule has 1 fully saturated rings. The Morgan fingerprint density at radius 3 is 2.69 bits per heavy atom. The standard InChI is InChI=1S/C20H28N2O4/c1-14(23)22-8-4-5-15(12-22)19(24)21-13-20(2,3)16-6-7-17-18(11-16)26-10-9-25-17/h6-7,11,15H,4-5,8-10,12-13H2,1-3H3,(H,21,24)/t15-/m0/s1. The van der Waals surface area contributed by atoms with Crippen LogP contribution >= 0.6 is 0 Å². The molecular formula is C20H28N2O4. The van der Waals surface area contributed by atoms with E-state index in [9.17, 15) is 9.59 Å². The van der Waals surface area contributed by atoms with Crippen LogP contribution in [0.5, 0.6) is 11.5 Å². The van der Waals surface area contributed by atoms with Crippen molar-refractivity contribution in [3.63, 3.8) is 0 Å². The van der Waals surface area contributed by atoms with E-state index >= 15 is 0 Å². The molecular weight excluding hydrogens is 332 g/mol. The number of piperidine rings is 1. The van der Waals surface area contributed by atoms with Crippen LogP contribution in [-0.4, -0.2) is 49.6 Å². The van der Waals surface area contributed by atoms with Crippen molar-refractivity contribution in [3.8, 4) is 11.5 Å². The van der Waals surface area contributed by atoms with Gasteiger partial charge in [0.05, 0.1) is 5.92 Å². The lowest BCUT2D eigenvalue weighted by Crippen LogP contribution is -2.46. The fourth-order valence-electron chi connectivity index (χ4n) is 3.50. The number of hydrogen-bond acceptors (Lipinski definition) is 4. The predicted octanol–water partition coefficient (Wildman–Crippen LogP) is 2.11. The summed E-state index contributed by atoms with van der Waals surface area (Å²) in [6.07, 6.45) is 1.71. The van der Waals surface area contributed by atoms with Crippen LogP contribution in [0.2, 0.25) is 0 Å². The molecule has 0 bridgehead atoms. The van der Waals surface area contributed by atoms with Crippen LogP contribution in [0.25, 0.3) is 0 Å². The van der Waals surface area contributed by atoms with Gasteiger partial charge in [-0.15, -0.1) is 0 Å². The highest BCUT2D eigenvalue weighted by molar-refractivity contribution is 5.80. The van der Waals surface area contributed by atoms with Crippen molar-refractivity contribution < 1.29 is 19.1 Å². The molecule has 2 aliphatic rings. The Kier molecular flexibility index (Phi) is 5.39. The number of carbonyl (C=O) groups is 2. The van der Waals surface area contributed by atoms with Crippen molar-refractivity contribution in [1.82, 2.24) is 10.2 Å². The third-order valence-corrected chi connectivity index (χ3v) is 5.27. The quantitative estimate of drug-likeness (QED) is 0.893. The van der Waals surface area contributed by atoms with Gasteiger partial charge in [0.15, 0.2) is 11.5 Å². The van der Waals surface area contributed by atoms with E-state index in [4.69, 9.17) is 9.47 Å². The first kappa shape index (κ1) is 18.5. The monoisotopic (exact) mass is 360 g/mol. The maximum absolute atomic E-state index is 12.6. The number of nitrogens with one attached hydrogen (secondary N) is 1. The van der Waals surface area contributed by atoms with Crippen molar-refractivity contribution in [2.75, 3.05) is 32.8 Å². The molecule has 0 unspecified atom stereocenters. The zero-order chi connectivity index (χ0) is 18.7. The highest BCUT2D eigenvalue weighted by atomic mass is 16.6. The summed E-state index contributed by atoms with van der Waals surface area (Å²) in [5, 5.41) is 3.08. The number of ether oxygens (including phenoxy) is 2. The van der Waals surface area contributed by atoms with Crippen LogP contribution in [-0.2, 0) is 15.0 Å². The number of carbonyl (C=O) groups excluding carboxylic acids is 2. The molecule has 6 nitrogen and oxygen atoms in total. The molecule has 142 valence electrons. The minimum absolute atomic E-state index is 0.0292. The smallest absolute Gasteiger partial charge is 0.224 e. The number of hydrogen-bond donors (Lipinski definition) is 1. The van der Waals surface area contributed by atoms with Gasteiger partial charge in [-0.3, -0.25) is 9.59 Å². The molecule has 1 aromatic carbocycles. The highest BCUT2D eigenvalue weighted by Gasteiger charge is 2.29. The minimum atomic E-state index is -0.236. The van der Waals surface area contributed by atoms with Gasteiger partial charge in [-0.1, -0.05) is 19.9 Å². The Balaban J connectivity index is 1.61. The lowest BCUT2D eigenvalue weighted by molar-refractivity contribution is -0.134. The molecule has 2 aliphatic heterocycles. The summed E-state index contributed by atoms with van der Waals surface area (Å²) < 4.78 is 11.2. The Morgan fingerprint density at radius 2 is 1.96 bits per heavy atom. The van der Waals surface area contributed by atoms with Gasteiger partial charge in [0.1, 0.15) is 13.2 Å². The fourth-order valence-corrected chi connectivity index (χ4v) is 3.50. The van der Waals surface area contributed by atoms with Gasteiger partial charge >= 0.3 is 0 Å². The molecule has 26 heavy (non-hydrogen) atoms. The van der Waals surface area contributed by atoms with Crippen LogP contribution < -0.4 is 14.8 Å². The van der Waals surface area contributed by atoms with Crippen LogP contribution in [0, 0.1) is 5.92 Å². The maximum Gasteiger partial charge on any atom is 0.224 e. The number of likely N-dealkylation sites (tertiary alicyclic amines) is 1. The molecule has 1 saturated heterocycles. The molecule has 0 radical (unpaired) electrons. The summed E-state index contributed by atoms with van der Waals surface area (Å²) in [5.41, 5.74) is 0.858. The lowest BCUT2D eigenvalue weighted by Gasteiger charge is -2.33. The molecule has 2 heterocycles. The molecule has 1 atom stereocenters.